The molecule has 1 unspecified atom stereocenters. The molecule has 7 nitrogen and oxygen atoms in total. The van der Waals surface area contributed by atoms with Crippen molar-refractivity contribution in [3.05, 3.63) is 82.8 Å². The molecule has 4 aromatic rings. The van der Waals surface area contributed by atoms with Crippen molar-refractivity contribution in [3.8, 4) is 11.3 Å². The Morgan fingerprint density at radius 2 is 1.86 bits per heavy atom. The molecule has 29 heavy (non-hydrogen) atoms. The normalized spacial score (nSPS) is 16.4. The van der Waals surface area contributed by atoms with Crippen molar-refractivity contribution in [1.82, 2.24) is 19.9 Å². The summed E-state index contributed by atoms with van der Waals surface area (Å²) < 4.78 is 7.11. The number of fused-ring (bicyclic) bond motifs is 1. The minimum Gasteiger partial charge on any atom is -0.422 e. The minimum atomic E-state index is -0.607. The molecular formula is C22H18N4O3. The maximum atomic E-state index is 12.9. The molecule has 5 rings (SSSR count). The fourth-order valence-corrected chi connectivity index (χ4v) is 3.72. The van der Waals surface area contributed by atoms with Crippen LogP contribution in [0.1, 0.15) is 22.8 Å². The van der Waals surface area contributed by atoms with E-state index in [0.29, 0.717) is 18.7 Å². The zero-order chi connectivity index (χ0) is 19.8. The van der Waals surface area contributed by atoms with E-state index in [1.54, 1.807) is 27.8 Å². The van der Waals surface area contributed by atoms with E-state index in [-0.39, 0.29) is 17.5 Å². The third kappa shape index (κ3) is 3.20. The SMILES string of the molecule is O=C(c1cc2ccccc2oc1=O)N1CCC(n2cc(-c3ccccc3)nn2)C1. The van der Waals surface area contributed by atoms with Crippen LogP contribution in [-0.4, -0.2) is 38.9 Å². The Labute approximate surface area is 166 Å². The number of rotatable bonds is 3. The van der Waals surface area contributed by atoms with E-state index in [1.807, 2.05) is 48.7 Å². The van der Waals surface area contributed by atoms with Crippen molar-refractivity contribution in [1.29, 1.82) is 0 Å². The van der Waals surface area contributed by atoms with Crippen molar-refractivity contribution in [2.45, 2.75) is 12.5 Å². The summed E-state index contributed by atoms with van der Waals surface area (Å²) in [5.74, 6) is -0.310. The molecule has 1 amide bonds. The quantitative estimate of drug-likeness (QED) is 0.505. The number of hydrogen-bond acceptors (Lipinski definition) is 5. The van der Waals surface area contributed by atoms with E-state index in [4.69, 9.17) is 4.42 Å². The molecular weight excluding hydrogens is 368 g/mol. The number of carbonyl (C=O) groups is 1. The number of likely N-dealkylation sites (tertiary alicyclic amines) is 1. The van der Waals surface area contributed by atoms with Crippen LogP contribution in [0.4, 0.5) is 0 Å². The Morgan fingerprint density at radius 3 is 2.72 bits per heavy atom. The van der Waals surface area contributed by atoms with E-state index in [2.05, 4.69) is 10.3 Å². The lowest BCUT2D eigenvalue weighted by atomic mass is 10.1. The highest BCUT2D eigenvalue weighted by Gasteiger charge is 2.30. The molecule has 144 valence electrons. The standard InChI is InChI=1S/C22H18N4O3/c27-21(18-12-16-8-4-5-9-20(16)29-22(18)28)25-11-10-17(13-25)26-14-19(23-24-26)15-6-2-1-3-7-15/h1-9,12,14,17H,10-11,13H2. The van der Waals surface area contributed by atoms with Crippen LogP contribution < -0.4 is 5.63 Å². The highest BCUT2D eigenvalue weighted by atomic mass is 16.4. The van der Waals surface area contributed by atoms with Crippen LogP contribution in [0.2, 0.25) is 0 Å². The summed E-state index contributed by atoms with van der Waals surface area (Å²) in [5, 5.41) is 9.23. The number of hydrogen-bond donors (Lipinski definition) is 0. The van der Waals surface area contributed by atoms with Crippen LogP contribution in [0.25, 0.3) is 22.2 Å². The molecule has 1 aliphatic heterocycles. The fourth-order valence-electron chi connectivity index (χ4n) is 3.72. The van der Waals surface area contributed by atoms with E-state index in [0.717, 1.165) is 23.1 Å². The third-order valence-corrected chi connectivity index (χ3v) is 5.28. The molecule has 0 radical (unpaired) electrons. The number of carbonyl (C=O) groups excluding carboxylic acids is 1. The van der Waals surface area contributed by atoms with Crippen LogP contribution in [0.15, 0.2) is 76.1 Å². The predicted octanol–water partition coefficient (Wildman–Crippen LogP) is 3.14. The van der Waals surface area contributed by atoms with Crippen LogP contribution in [0, 0.1) is 0 Å². The van der Waals surface area contributed by atoms with Gasteiger partial charge in [-0.25, -0.2) is 9.48 Å². The Balaban J connectivity index is 1.36. The first-order valence-electron chi connectivity index (χ1n) is 9.48. The fraction of sp³-hybridized carbons (Fsp3) is 0.182. The van der Waals surface area contributed by atoms with Gasteiger partial charge in [-0.2, -0.15) is 0 Å². The molecule has 3 heterocycles. The van der Waals surface area contributed by atoms with Gasteiger partial charge in [0.2, 0.25) is 0 Å². The largest absolute Gasteiger partial charge is 0.422 e. The van der Waals surface area contributed by atoms with Gasteiger partial charge in [0, 0.05) is 24.0 Å². The van der Waals surface area contributed by atoms with E-state index >= 15 is 0 Å². The molecule has 0 saturated carbocycles. The Morgan fingerprint density at radius 1 is 1.07 bits per heavy atom. The van der Waals surface area contributed by atoms with Crippen molar-refractivity contribution in [3.63, 3.8) is 0 Å². The molecule has 2 aromatic carbocycles. The highest BCUT2D eigenvalue weighted by Crippen LogP contribution is 2.25. The summed E-state index contributed by atoms with van der Waals surface area (Å²) in [6.07, 6.45) is 2.65. The lowest BCUT2D eigenvalue weighted by Gasteiger charge is -2.16. The van der Waals surface area contributed by atoms with E-state index in [9.17, 15) is 9.59 Å². The predicted molar refractivity (Wildman–Crippen MR) is 107 cm³/mol. The van der Waals surface area contributed by atoms with Crippen LogP contribution in [0.3, 0.4) is 0 Å². The summed E-state index contributed by atoms with van der Waals surface area (Å²) in [4.78, 5) is 26.9. The summed E-state index contributed by atoms with van der Waals surface area (Å²) in [6.45, 7) is 1.03. The smallest absolute Gasteiger partial charge is 0.349 e. The first-order chi connectivity index (χ1) is 14.2. The molecule has 0 aliphatic carbocycles. The van der Waals surface area contributed by atoms with Gasteiger partial charge < -0.3 is 9.32 Å². The zero-order valence-corrected chi connectivity index (χ0v) is 15.6. The van der Waals surface area contributed by atoms with E-state index < -0.39 is 5.63 Å². The van der Waals surface area contributed by atoms with Gasteiger partial charge in [-0.05, 0) is 18.6 Å². The molecule has 7 heteroatoms. The number of benzene rings is 2. The first-order valence-corrected chi connectivity index (χ1v) is 9.48. The Bertz CT molecular complexity index is 1250. The van der Waals surface area contributed by atoms with Gasteiger partial charge in [0.05, 0.1) is 12.2 Å². The van der Waals surface area contributed by atoms with Crippen LogP contribution >= 0.6 is 0 Å². The van der Waals surface area contributed by atoms with Crippen LogP contribution in [0.5, 0.6) is 0 Å². The highest BCUT2D eigenvalue weighted by molar-refractivity contribution is 5.96. The van der Waals surface area contributed by atoms with Gasteiger partial charge in [0.1, 0.15) is 16.8 Å². The lowest BCUT2D eigenvalue weighted by Crippen LogP contribution is -2.32. The molecule has 1 fully saturated rings. The van der Waals surface area contributed by atoms with Gasteiger partial charge in [-0.3, -0.25) is 4.79 Å². The number of nitrogens with zero attached hydrogens (tertiary/aromatic N) is 4. The van der Waals surface area contributed by atoms with Gasteiger partial charge in [0.15, 0.2) is 0 Å². The summed E-state index contributed by atoms with van der Waals surface area (Å²) in [6, 6.07) is 18.6. The third-order valence-electron chi connectivity index (χ3n) is 5.28. The van der Waals surface area contributed by atoms with Crippen molar-refractivity contribution >= 4 is 16.9 Å². The second-order valence-corrected chi connectivity index (χ2v) is 7.13. The molecule has 1 atom stereocenters. The summed E-state index contributed by atoms with van der Waals surface area (Å²) in [7, 11) is 0. The average molecular weight is 386 g/mol. The van der Waals surface area contributed by atoms with Crippen LogP contribution in [-0.2, 0) is 0 Å². The first kappa shape index (κ1) is 17.4. The zero-order valence-electron chi connectivity index (χ0n) is 15.6. The Kier molecular flexibility index (Phi) is 4.20. The van der Waals surface area contributed by atoms with Crippen molar-refractivity contribution in [2.24, 2.45) is 0 Å². The molecule has 0 N–H and O–H groups in total. The summed E-state index contributed by atoms with van der Waals surface area (Å²) >= 11 is 0. The van der Waals surface area contributed by atoms with Gasteiger partial charge in [-0.15, -0.1) is 5.10 Å². The van der Waals surface area contributed by atoms with Gasteiger partial charge in [0.25, 0.3) is 5.91 Å². The van der Waals surface area contributed by atoms with Gasteiger partial charge in [-0.1, -0.05) is 53.7 Å². The molecule has 1 aliphatic rings. The average Bonchev–Trinajstić information content (AvgIpc) is 3.43. The van der Waals surface area contributed by atoms with Gasteiger partial charge >= 0.3 is 5.63 Å². The molecule has 0 bridgehead atoms. The second-order valence-electron chi connectivity index (χ2n) is 7.13. The maximum absolute atomic E-state index is 12.9. The number of aromatic nitrogens is 3. The monoisotopic (exact) mass is 386 g/mol. The second kappa shape index (κ2) is 7.01. The number of para-hydroxylation sites is 1. The molecule has 2 aromatic heterocycles. The maximum Gasteiger partial charge on any atom is 0.349 e. The lowest BCUT2D eigenvalue weighted by molar-refractivity contribution is 0.0783. The number of amides is 1. The topological polar surface area (TPSA) is 81.2 Å². The molecule has 0 spiro atoms. The summed E-state index contributed by atoms with van der Waals surface area (Å²) in [5.41, 5.74) is 1.73. The molecule has 1 saturated heterocycles. The Hall–Kier alpha value is -3.74. The van der Waals surface area contributed by atoms with Crippen molar-refractivity contribution < 1.29 is 9.21 Å². The van der Waals surface area contributed by atoms with E-state index in [1.165, 1.54) is 0 Å². The van der Waals surface area contributed by atoms with Crippen molar-refractivity contribution in [2.75, 3.05) is 13.1 Å². The minimum absolute atomic E-state index is 0.0245.